The highest BCUT2D eigenvalue weighted by molar-refractivity contribution is 7.18. The second-order valence-corrected chi connectivity index (χ2v) is 6.93. The molecule has 130 valence electrons. The Balaban J connectivity index is 1.92. The van der Waals surface area contributed by atoms with E-state index in [1.807, 2.05) is 30.1 Å². The van der Waals surface area contributed by atoms with Crippen LogP contribution < -0.4 is 5.32 Å². The summed E-state index contributed by atoms with van der Waals surface area (Å²) in [5, 5.41) is 2.76. The van der Waals surface area contributed by atoms with Crippen LogP contribution in [-0.2, 0) is 4.79 Å². The lowest BCUT2D eigenvalue weighted by Crippen LogP contribution is -2.47. The molecule has 0 unspecified atom stereocenters. The molecule has 2 aromatic heterocycles. The second kappa shape index (κ2) is 7.58. The maximum absolute atomic E-state index is 13.0. The number of hydrogen-bond acceptors (Lipinski definition) is 5. The molecule has 2 amide bonds. The van der Waals surface area contributed by atoms with Gasteiger partial charge in [0.25, 0.3) is 5.91 Å². The monoisotopic (exact) mass is 356 g/mol. The van der Waals surface area contributed by atoms with Crippen LogP contribution in [0.3, 0.4) is 0 Å². The molecule has 0 saturated carbocycles. The summed E-state index contributed by atoms with van der Waals surface area (Å²) in [6.07, 6.45) is 4.62. The van der Waals surface area contributed by atoms with Gasteiger partial charge in [0.2, 0.25) is 5.91 Å². The number of pyridine rings is 1. The number of piperazine rings is 1. The van der Waals surface area contributed by atoms with Crippen LogP contribution in [0.25, 0.3) is 10.4 Å². The Bertz CT molecular complexity index is 780. The first-order valence-corrected chi connectivity index (χ1v) is 8.85. The van der Waals surface area contributed by atoms with Gasteiger partial charge in [-0.05, 0) is 36.9 Å². The van der Waals surface area contributed by atoms with E-state index in [4.69, 9.17) is 0 Å². The van der Waals surface area contributed by atoms with E-state index in [1.54, 1.807) is 12.4 Å². The molecule has 3 heterocycles. The van der Waals surface area contributed by atoms with Crippen LogP contribution in [-0.4, -0.2) is 59.8 Å². The van der Waals surface area contributed by atoms with Gasteiger partial charge in [0.15, 0.2) is 0 Å². The third-order valence-electron chi connectivity index (χ3n) is 4.12. The molecule has 1 saturated heterocycles. The number of hydrogen-bond donors (Lipinski definition) is 1. The van der Waals surface area contributed by atoms with Gasteiger partial charge in [-0.2, -0.15) is 0 Å². The molecule has 0 atom stereocenters. The molecule has 0 bridgehead atoms. The van der Waals surface area contributed by atoms with E-state index in [1.165, 1.54) is 17.4 Å². The highest BCUT2D eigenvalue weighted by Crippen LogP contribution is 2.35. The lowest BCUT2D eigenvalue weighted by atomic mass is 10.2. The normalized spacial score (nSPS) is 15.0. The number of likely N-dealkylation sites (N-methyl/N-ethyl adjacent to an activating group) is 1. The number of thiophene rings is 1. The van der Waals surface area contributed by atoms with E-state index in [0.29, 0.717) is 23.7 Å². The number of nitrogens with one attached hydrogen (secondary N) is 1. The van der Waals surface area contributed by atoms with Gasteiger partial charge in [-0.25, -0.2) is 0 Å². The summed E-state index contributed by atoms with van der Waals surface area (Å²) in [5.74, 6) is -0.371. The van der Waals surface area contributed by atoms with Crippen molar-refractivity contribution in [1.82, 2.24) is 14.8 Å². The van der Waals surface area contributed by atoms with Crippen LogP contribution in [0.1, 0.15) is 9.67 Å². The van der Waals surface area contributed by atoms with Gasteiger partial charge in [-0.15, -0.1) is 11.3 Å². The molecule has 0 radical (unpaired) electrons. The predicted octanol–water partition coefficient (Wildman–Crippen LogP) is 2.32. The number of carbonyl (C=O) groups is 2. The first-order chi connectivity index (χ1) is 12.1. The Morgan fingerprint density at radius 2 is 1.92 bits per heavy atom. The van der Waals surface area contributed by atoms with E-state index >= 15 is 0 Å². The molecule has 7 heteroatoms. The average Bonchev–Trinajstić information content (AvgIpc) is 3.06. The zero-order valence-electron chi connectivity index (χ0n) is 14.1. The quantitative estimate of drug-likeness (QED) is 0.854. The average molecular weight is 356 g/mol. The van der Waals surface area contributed by atoms with E-state index in [0.717, 1.165) is 23.5 Å². The van der Waals surface area contributed by atoms with Gasteiger partial charge < -0.3 is 15.1 Å². The van der Waals surface area contributed by atoms with Crippen LogP contribution >= 0.6 is 11.3 Å². The fourth-order valence-electron chi connectivity index (χ4n) is 2.64. The van der Waals surface area contributed by atoms with Crippen LogP contribution in [0.15, 0.2) is 43.2 Å². The molecule has 0 aliphatic carbocycles. The first-order valence-electron chi connectivity index (χ1n) is 8.04. The van der Waals surface area contributed by atoms with Crippen molar-refractivity contribution in [3.63, 3.8) is 0 Å². The molecule has 1 aliphatic heterocycles. The van der Waals surface area contributed by atoms with Crippen molar-refractivity contribution in [2.45, 2.75) is 0 Å². The summed E-state index contributed by atoms with van der Waals surface area (Å²) >= 11 is 1.39. The van der Waals surface area contributed by atoms with Gasteiger partial charge in [0, 0.05) is 43.4 Å². The summed E-state index contributed by atoms with van der Waals surface area (Å²) in [6.45, 7) is 6.55. The third kappa shape index (κ3) is 3.94. The SMILES string of the molecule is C=CC(=O)Nc1cc(-c2ccncc2)sc1C(=O)N1CCN(C)CC1. The molecule has 2 aromatic rings. The van der Waals surface area contributed by atoms with Crippen molar-refractivity contribution < 1.29 is 9.59 Å². The molecular formula is C18H20N4O2S. The van der Waals surface area contributed by atoms with Crippen molar-refractivity contribution >= 4 is 28.8 Å². The van der Waals surface area contributed by atoms with E-state index in [-0.39, 0.29) is 11.8 Å². The Morgan fingerprint density at radius 3 is 2.56 bits per heavy atom. The van der Waals surface area contributed by atoms with Crippen LogP contribution in [0.2, 0.25) is 0 Å². The molecule has 0 aromatic carbocycles. The number of carbonyl (C=O) groups excluding carboxylic acids is 2. The maximum atomic E-state index is 13.0. The van der Waals surface area contributed by atoms with Crippen molar-refractivity contribution in [3.8, 4) is 10.4 Å². The maximum Gasteiger partial charge on any atom is 0.266 e. The lowest BCUT2D eigenvalue weighted by molar-refractivity contribution is -0.111. The summed E-state index contributed by atoms with van der Waals surface area (Å²) in [7, 11) is 2.05. The topological polar surface area (TPSA) is 65.5 Å². The Hall–Kier alpha value is -2.51. The molecule has 0 spiro atoms. The van der Waals surface area contributed by atoms with Gasteiger partial charge in [-0.1, -0.05) is 6.58 Å². The van der Waals surface area contributed by atoms with Gasteiger partial charge >= 0.3 is 0 Å². The van der Waals surface area contributed by atoms with Gasteiger partial charge in [-0.3, -0.25) is 14.6 Å². The summed E-state index contributed by atoms with van der Waals surface area (Å²) in [4.78, 5) is 34.2. The van der Waals surface area contributed by atoms with Crippen LogP contribution in [0, 0.1) is 0 Å². The number of nitrogens with zero attached hydrogens (tertiary/aromatic N) is 3. The highest BCUT2D eigenvalue weighted by atomic mass is 32.1. The van der Waals surface area contributed by atoms with E-state index < -0.39 is 0 Å². The molecule has 1 fully saturated rings. The number of amides is 2. The summed E-state index contributed by atoms with van der Waals surface area (Å²) in [5.41, 5.74) is 1.50. The first kappa shape index (κ1) is 17.3. The van der Waals surface area contributed by atoms with Crippen molar-refractivity contribution in [2.24, 2.45) is 0 Å². The highest BCUT2D eigenvalue weighted by Gasteiger charge is 2.25. The largest absolute Gasteiger partial charge is 0.335 e. The summed E-state index contributed by atoms with van der Waals surface area (Å²) < 4.78 is 0. The second-order valence-electron chi connectivity index (χ2n) is 5.88. The minimum Gasteiger partial charge on any atom is -0.335 e. The zero-order chi connectivity index (χ0) is 17.8. The standard InChI is InChI=1S/C18H20N4O2S/c1-3-16(23)20-14-12-15(13-4-6-19-7-5-13)25-17(14)18(24)22-10-8-21(2)9-11-22/h3-7,12H,1,8-11H2,2H3,(H,20,23). The lowest BCUT2D eigenvalue weighted by Gasteiger charge is -2.32. The Labute approximate surface area is 150 Å². The third-order valence-corrected chi connectivity index (χ3v) is 5.30. The molecule has 6 nitrogen and oxygen atoms in total. The van der Waals surface area contributed by atoms with E-state index in [2.05, 4.69) is 21.8 Å². The van der Waals surface area contributed by atoms with Crippen molar-refractivity contribution in [2.75, 3.05) is 38.5 Å². The van der Waals surface area contributed by atoms with E-state index in [9.17, 15) is 9.59 Å². The fourth-order valence-corrected chi connectivity index (χ4v) is 3.73. The fraction of sp³-hybridized carbons (Fsp3) is 0.278. The van der Waals surface area contributed by atoms with Gasteiger partial charge in [0.1, 0.15) is 4.88 Å². The molecule has 1 N–H and O–H groups in total. The molecular weight excluding hydrogens is 336 g/mol. The summed E-state index contributed by atoms with van der Waals surface area (Å²) in [6, 6.07) is 5.61. The van der Waals surface area contributed by atoms with Crippen molar-refractivity contribution in [1.29, 1.82) is 0 Å². The Morgan fingerprint density at radius 1 is 1.24 bits per heavy atom. The molecule has 25 heavy (non-hydrogen) atoms. The van der Waals surface area contributed by atoms with Crippen LogP contribution in [0.4, 0.5) is 5.69 Å². The van der Waals surface area contributed by atoms with Gasteiger partial charge in [0.05, 0.1) is 5.69 Å². The number of anilines is 1. The number of aromatic nitrogens is 1. The van der Waals surface area contributed by atoms with Crippen LogP contribution in [0.5, 0.6) is 0 Å². The minimum absolute atomic E-state index is 0.0437. The molecule has 1 aliphatic rings. The van der Waals surface area contributed by atoms with Crippen molar-refractivity contribution in [3.05, 3.63) is 48.1 Å². The molecule has 3 rings (SSSR count). The number of rotatable bonds is 4. The predicted molar refractivity (Wildman–Crippen MR) is 99.8 cm³/mol. The zero-order valence-corrected chi connectivity index (χ0v) is 14.9. The smallest absolute Gasteiger partial charge is 0.266 e. The minimum atomic E-state index is -0.327. The Kier molecular flexibility index (Phi) is 5.25.